The highest BCUT2D eigenvalue weighted by Gasteiger charge is 2.21. The van der Waals surface area contributed by atoms with Gasteiger partial charge in [0.25, 0.3) is 0 Å². The summed E-state index contributed by atoms with van der Waals surface area (Å²) in [5.74, 6) is 1.91. The van der Waals surface area contributed by atoms with Crippen LogP contribution in [0.15, 0.2) is 0 Å². The Balaban J connectivity index is 2.37. The van der Waals surface area contributed by atoms with Gasteiger partial charge < -0.3 is 4.90 Å². The van der Waals surface area contributed by atoms with E-state index >= 15 is 0 Å². The van der Waals surface area contributed by atoms with Gasteiger partial charge in [-0.1, -0.05) is 20.8 Å². The van der Waals surface area contributed by atoms with Crippen molar-refractivity contribution in [1.82, 2.24) is 4.90 Å². The Morgan fingerprint density at radius 2 is 2.00 bits per heavy atom. The third-order valence-electron chi connectivity index (χ3n) is 3.19. The van der Waals surface area contributed by atoms with Crippen LogP contribution in [0.1, 0.15) is 40.0 Å². The molecule has 0 radical (unpaired) electrons. The van der Waals surface area contributed by atoms with Gasteiger partial charge in [0.05, 0.1) is 0 Å². The third kappa shape index (κ3) is 4.22. The summed E-state index contributed by atoms with van der Waals surface area (Å²) in [7, 11) is 0. The van der Waals surface area contributed by atoms with Crippen LogP contribution in [0.25, 0.3) is 0 Å². The summed E-state index contributed by atoms with van der Waals surface area (Å²) in [6, 6.07) is 0. The Morgan fingerprint density at radius 3 is 2.64 bits per heavy atom. The smallest absolute Gasteiger partial charge is 0.00405 e. The third-order valence-corrected chi connectivity index (χ3v) is 4.05. The van der Waals surface area contributed by atoms with Crippen LogP contribution in [0.5, 0.6) is 0 Å². The molecule has 0 N–H and O–H groups in total. The highest BCUT2D eigenvalue weighted by atomic mass is 32.1. The maximum absolute atomic E-state index is 4.42. The molecule has 0 aromatic heterocycles. The van der Waals surface area contributed by atoms with Crippen LogP contribution in [0.2, 0.25) is 0 Å². The summed E-state index contributed by atoms with van der Waals surface area (Å²) in [4.78, 5) is 2.62. The SMILES string of the molecule is CC1CCCN(CC(C)(C)CS)CC1. The van der Waals surface area contributed by atoms with Crippen molar-refractivity contribution in [2.45, 2.75) is 40.0 Å². The molecule has 0 saturated carbocycles. The quantitative estimate of drug-likeness (QED) is 0.708. The molecule has 0 amide bonds. The second kappa shape index (κ2) is 5.41. The lowest BCUT2D eigenvalue weighted by atomic mass is 9.95. The molecule has 1 atom stereocenters. The zero-order valence-electron chi connectivity index (χ0n) is 9.92. The molecule has 1 heterocycles. The summed E-state index contributed by atoms with van der Waals surface area (Å²) in [5.41, 5.74) is 0.372. The zero-order valence-corrected chi connectivity index (χ0v) is 10.8. The highest BCUT2D eigenvalue weighted by molar-refractivity contribution is 7.80. The average molecular weight is 215 g/mol. The minimum atomic E-state index is 0.372. The van der Waals surface area contributed by atoms with Crippen molar-refractivity contribution < 1.29 is 0 Å². The molecule has 0 aromatic carbocycles. The normalized spacial score (nSPS) is 26.1. The Labute approximate surface area is 94.7 Å². The van der Waals surface area contributed by atoms with Gasteiger partial charge in [-0.25, -0.2) is 0 Å². The fraction of sp³-hybridized carbons (Fsp3) is 1.00. The molecule has 2 heteroatoms. The van der Waals surface area contributed by atoms with Crippen molar-refractivity contribution in [2.24, 2.45) is 11.3 Å². The molecule has 0 aliphatic carbocycles. The van der Waals surface area contributed by atoms with E-state index in [1.807, 2.05) is 0 Å². The second-order valence-corrected chi connectivity index (χ2v) is 5.95. The Kier molecular flexibility index (Phi) is 4.78. The van der Waals surface area contributed by atoms with Crippen molar-refractivity contribution in [2.75, 3.05) is 25.4 Å². The maximum atomic E-state index is 4.42. The number of hydrogen-bond acceptors (Lipinski definition) is 2. The molecular formula is C12H25NS. The number of thiol groups is 1. The minimum Gasteiger partial charge on any atom is -0.303 e. The van der Waals surface area contributed by atoms with Crippen LogP contribution in [-0.4, -0.2) is 30.3 Å². The lowest BCUT2D eigenvalue weighted by Gasteiger charge is -2.30. The average Bonchev–Trinajstić information content (AvgIpc) is 2.31. The zero-order chi connectivity index (χ0) is 10.6. The fourth-order valence-corrected chi connectivity index (χ4v) is 2.24. The van der Waals surface area contributed by atoms with E-state index in [-0.39, 0.29) is 0 Å². The maximum Gasteiger partial charge on any atom is 0.00405 e. The van der Waals surface area contributed by atoms with Gasteiger partial charge in [0.2, 0.25) is 0 Å². The first-order valence-corrected chi connectivity index (χ1v) is 6.50. The van der Waals surface area contributed by atoms with E-state index in [1.165, 1.54) is 38.9 Å². The molecular weight excluding hydrogens is 190 g/mol. The van der Waals surface area contributed by atoms with E-state index in [0.717, 1.165) is 11.7 Å². The number of likely N-dealkylation sites (tertiary alicyclic amines) is 1. The first kappa shape index (κ1) is 12.4. The number of nitrogens with zero attached hydrogens (tertiary/aromatic N) is 1. The predicted octanol–water partition coefficient (Wildman–Crippen LogP) is 3.06. The second-order valence-electron chi connectivity index (χ2n) is 5.63. The van der Waals surface area contributed by atoms with Crippen LogP contribution in [0.4, 0.5) is 0 Å². The van der Waals surface area contributed by atoms with Gasteiger partial charge in [-0.05, 0) is 49.4 Å². The molecule has 1 fully saturated rings. The van der Waals surface area contributed by atoms with E-state index < -0.39 is 0 Å². The molecule has 1 saturated heterocycles. The highest BCUT2D eigenvalue weighted by Crippen LogP contribution is 2.22. The van der Waals surface area contributed by atoms with Crippen molar-refractivity contribution in [3.8, 4) is 0 Å². The molecule has 0 bridgehead atoms. The molecule has 0 aromatic rings. The standard InChI is InChI=1S/C12H25NS/c1-11-5-4-7-13(8-6-11)9-12(2,3)10-14/h11,14H,4-10H2,1-3H3. The van der Waals surface area contributed by atoms with Crippen LogP contribution >= 0.6 is 12.6 Å². The molecule has 1 unspecified atom stereocenters. The summed E-state index contributed by atoms with van der Waals surface area (Å²) in [6.07, 6.45) is 4.17. The van der Waals surface area contributed by atoms with Gasteiger partial charge in [0, 0.05) is 6.54 Å². The summed E-state index contributed by atoms with van der Waals surface area (Å²) in [6.45, 7) is 10.8. The van der Waals surface area contributed by atoms with E-state index in [9.17, 15) is 0 Å². The summed E-state index contributed by atoms with van der Waals surface area (Å²) >= 11 is 4.42. The molecule has 1 aliphatic rings. The molecule has 84 valence electrons. The van der Waals surface area contributed by atoms with E-state index in [1.54, 1.807) is 0 Å². The van der Waals surface area contributed by atoms with Gasteiger partial charge in [0.15, 0.2) is 0 Å². The minimum absolute atomic E-state index is 0.372. The first-order chi connectivity index (χ1) is 6.53. The Hall–Kier alpha value is 0.310. The summed E-state index contributed by atoms with van der Waals surface area (Å²) in [5, 5.41) is 0. The predicted molar refractivity (Wildman–Crippen MR) is 67.1 cm³/mol. The van der Waals surface area contributed by atoms with Gasteiger partial charge in [-0.15, -0.1) is 0 Å². The molecule has 1 rings (SSSR count). The number of hydrogen-bond donors (Lipinski definition) is 1. The summed E-state index contributed by atoms with van der Waals surface area (Å²) < 4.78 is 0. The first-order valence-electron chi connectivity index (χ1n) is 5.87. The lowest BCUT2D eigenvalue weighted by Crippen LogP contribution is -2.36. The van der Waals surface area contributed by atoms with Gasteiger partial charge in [0.1, 0.15) is 0 Å². The lowest BCUT2D eigenvalue weighted by molar-refractivity contribution is 0.199. The van der Waals surface area contributed by atoms with Crippen LogP contribution < -0.4 is 0 Å². The Bertz CT molecular complexity index is 168. The van der Waals surface area contributed by atoms with Crippen molar-refractivity contribution in [3.05, 3.63) is 0 Å². The molecule has 1 aliphatic heterocycles. The topological polar surface area (TPSA) is 3.24 Å². The van der Waals surface area contributed by atoms with Crippen LogP contribution in [0, 0.1) is 11.3 Å². The van der Waals surface area contributed by atoms with E-state index in [2.05, 4.69) is 38.3 Å². The van der Waals surface area contributed by atoms with Crippen LogP contribution in [-0.2, 0) is 0 Å². The van der Waals surface area contributed by atoms with Crippen molar-refractivity contribution in [1.29, 1.82) is 0 Å². The van der Waals surface area contributed by atoms with E-state index in [4.69, 9.17) is 0 Å². The largest absolute Gasteiger partial charge is 0.303 e. The van der Waals surface area contributed by atoms with Crippen molar-refractivity contribution in [3.63, 3.8) is 0 Å². The van der Waals surface area contributed by atoms with Gasteiger partial charge in [-0.2, -0.15) is 12.6 Å². The monoisotopic (exact) mass is 215 g/mol. The Morgan fingerprint density at radius 1 is 1.29 bits per heavy atom. The molecule has 1 nitrogen and oxygen atoms in total. The van der Waals surface area contributed by atoms with Crippen molar-refractivity contribution >= 4 is 12.6 Å². The van der Waals surface area contributed by atoms with Crippen LogP contribution in [0.3, 0.4) is 0 Å². The van der Waals surface area contributed by atoms with E-state index in [0.29, 0.717) is 5.41 Å². The molecule has 14 heavy (non-hydrogen) atoms. The van der Waals surface area contributed by atoms with Gasteiger partial charge >= 0.3 is 0 Å². The fourth-order valence-electron chi connectivity index (χ4n) is 2.14. The van der Waals surface area contributed by atoms with Gasteiger partial charge in [-0.3, -0.25) is 0 Å². The number of rotatable bonds is 3. The molecule has 0 spiro atoms.